The lowest BCUT2D eigenvalue weighted by Gasteiger charge is -2.20. The van der Waals surface area contributed by atoms with E-state index in [9.17, 15) is 4.79 Å². The van der Waals surface area contributed by atoms with Crippen LogP contribution in [0.15, 0.2) is 0 Å². The van der Waals surface area contributed by atoms with Gasteiger partial charge in [0.05, 0.1) is 7.11 Å². The van der Waals surface area contributed by atoms with Crippen LogP contribution in [0.25, 0.3) is 0 Å². The van der Waals surface area contributed by atoms with Gasteiger partial charge in [-0.2, -0.15) is 0 Å². The van der Waals surface area contributed by atoms with Gasteiger partial charge in [0.1, 0.15) is 6.04 Å². The molecule has 2 aliphatic rings. The Morgan fingerprint density at radius 1 is 1.50 bits per heavy atom. The van der Waals surface area contributed by atoms with Crippen LogP contribution in [0.1, 0.15) is 19.3 Å². The predicted octanol–water partition coefficient (Wildman–Crippen LogP) is 0.722. The third kappa shape index (κ3) is 1.43. The number of methoxy groups -OCH3 is 1. The summed E-state index contributed by atoms with van der Waals surface area (Å²) in [6.07, 6.45) is 3.59. The van der Waals surface area contributed by atoms with Crippen molar-refractivity contribution in [1.29, 1.82) is 0 Å². The number of piperidine rings is 1. The molecule has 2 bridgehead atoms. The van der Waals surface area contributed by atoms with Gasteiger partial charge < -0.3 is 10.1 Å². The number of esters is 1. The number of hydrogen-bond donors (Lipinski definition) is 1. The Bertz CT molecular complexity index is 186. The van der Waals surface area contributed by atoms with Gasteiger partial charge in [0.25, 0.3) is 0 Å². The summed E-state index contributed by atoms with van der Waals surface area (Å²) in [5.41, 5.74) is 0. The van der Waals surface area contributed by atoms with Gasteiger partial charge in [-0.25, -0.2) is 0 Å². The number of hydrogen-bond acceptors (Lipinski definition) is 3. The highest BCUT2D eigenvalue weighted by Gasteiger charge is 2.43. The van der Waals surface area contributed by atoms with Gasteiger partial charge in [0.2, 0.25) is 0 Å². The molecule has 0 aromatic heterocycles. The van der Waals surface area contributed by atoms with E-state index in [1.807, 2.05) is 0 Å². The molecule has 1 saturated carbocycles. The summed E-state index contributed by atoms with van der Waals surface area (Å²) >= 11 is 0. The molecule has 1 saturated heterocycles. The fourth-order valence-electron chi connectivity index (χ4n) is 2.25. The Balaban J connectivity index is 0.000000720. The fraction of sp³-hybridized carbons (Fsp3) is 0.875. The maximum atomic E-state index is 11.1. The quantitative estimate of drug-likeness (QED) is 0.621. The maximum Gasteiger partial charge on any atom is 0.323 e. The van der Waals surface area contributed by atoms with Crippen molar-refractivity contribution in [2.24, 2.45) is 5.92 Å². The third-order valence-corrected chi connectivity index (χ3v) is 2.81. The SMILES string of the molecule is COC(=O)[C@H]1N[C@H]2CCC1C2.Cl. The van der Waals surface area contributed by atoms with Crippen LogP contribution in [-0.2, 0) is 9.53 Å². The molecule has 0 amide bonds. The summed E-state index contributed by atoms with van der Waals surface area (Å²) in [6.45, 7) is 0. The number of carbonyl (C=O) groups excluding carboxylic acids is 1. The first-order valence-electron chi connectivity index (χ1n) is 4.15. The number of fused-ring (bicyclic) bond motifs is 2. The van der Waals surface area contributed by atoms with Crippen LogP contribution in [0.4, 0.5) is 0 Å². The second-order valence-corrected chi connectivity index (χ2v) is 3.44. The molecule has 1 aliphatic heterocycles. The number of halogens is 1. The van der Waals surface area contributed by atoms with Crippen molar-refractivity contribution in [2.45, 2.75) is 31.3 Å². The van der Waals surface area contributed by atoms with E-state index in [0.29, 0.717) is 12.0 Å². The van der Waals surface area contributed by atoms with E-state index in [0.717, 1.165) is 0 Å². The van der Waals surface area contributed by atoms with Gasteiger partial charge in [-0.05, 0) is 25.2 Å². The minimum absolute atomic E-state index is 0. The zero-order chi connectivity index (χ0) is 7.84. The number of rotatable bonds is 1. The summed E-state index contributed by atoms with van der Waals surface area (Å²) in [5.74, 6) is 0.463. The number of carbonyl (C=O) groups is 1. The molecule has 1 unspecified atom stereocenters. The van der Waals surface area contributed by atoms with Crippen molar-refractivity contribution >= 4 is 18.4 Å². The molecule has 1 aliphatic carbocycles. The molecule has 2 rings (SSSR count). The zero-order valence-electron chi connectivity index (χ0n) is 7.08. The Hall–Kier alpha value is -0.280. The van der Waals surface area contributed by atoms with Gasteiger partial charge in [0.15, 0.2) is 0 Å². The lowest BCUT2D eigenvalue weighted by atomic mass is 10.0. The Morgan fingerprint density at radius 2 is 2.25 bits per heavy atom. The maximum absolute atomic E-state index is 11.1. The smallest absolute Gasteiger partial charge is 0.323 e. The first-order valence-corrected chi connectivity index (χ1v) is 4.15. The van der Waals surface area contributed by atoms with Crippen molar-refractivity contribution < 1.29 is 9.53 Å². The summed E-state index contributed by atoms with van der Waals surface area (Å²) in [5, 5.41) is 3.27. The standard InChI is InChI=1S/C8H13NO2.ClH/c1-11-8(10)7-5-2-3-6(4-5)9-7;/h5-7,9H,2-4H2,1H3;1H/t5?,6-,7-;/m0./s1. The topological polar surface area (TPSA) is 38.3 Å². The van der Waals surface area contributed by atoms with Crippen LogP contribution in [-0.4, -0.2) is 25.2 Å². The van der Waals surface area contributed by atoms with Crippen LogP contribution < -0.4 is 5.32 Å². The molecule has 0 spiro atoms. The summed E-state index contributed by atoms with van der Waals surface area (Å²) in [4.78, 5) is 11.1. The van der Waals surface area contributed by atoms with Crippen molar-refractivity contribution in [1.82, 2.24) is 5.32 Å². The second kappa shape index (κ2) is 3.62. The second-order valence-electron chi connectivity index (χ2n) is 3.44. The van der Waals surface area contributed by atoms with E-state index >= 15 is 0 Å². The van der Waals surface area contributed by atoms with Gasteiger partial charge in [-0.1, -0.05) is 0 Å². The summed E-state index contributed by atoms with van der Waals surface area (Å²) < 4.78 is 4.69. The van der Waals surface area contributed by atoms with Crippen LogP contribution in [0.5, 0.6) is 0 Å². The Labute approximate surface area is 78.3 Å². The van der Waals surface area contributed by atoms with Crippen molar-refractivity contribution in [2.75, 3.05) is 7.11 Å². The Kier molecular flexibility index (Phi) is 2.96. The van der Waals surface area contributed by atoms with Gasteiger partial charge in [-0.3, -0.25) is 4.79 Å². The highest BCUT2D eigenvalue weighted by atomic mass is 35.5. The molecule has 70 valence electrons. The van der Waals surface area contributed by atoms with Crippen molar-refractivity contribution in [3.05, 3.63) is 0 Å². The molecule has 4 heteroatoms. The third-order valence-electron chi connectivity index (χ3n) is 2.81. The molecule has 3 atom stereocenters. The predicted molar refractivity (Wildman–Crippen MR) is 47.3 cm³/mol. The van der Waals surface area contributed by atoms with Crippen LogP contribution in [0.2, 0.25) is 0 Å². The van der Waals surface area contributed by atoms with E-state index in [1.165, 1.54) is 26.4 Å². The van der Waals surface area contributed by atoms with Crippen LogP contribution >= 0.6 is 12.4 Å². The highest BCUT2D eigenvalue weighted by Crippen LogP contribution is 2.35. The normalized spacial score (nSPS) is 37.6. The van der Waals surface area contributed by atoms with Crippen LogP contribution in [0.3, 0.4) is 0 Å². The number of nitrogens with one attached hydrogen (secondary N) is 1. The van der Waals surface area contributed by atoms with Gasteiger partial charge >= 0.3 is 5.97 Å². The first-order chi connectivity index (χ1) is 5.31. The lowest BCUT2D eigenvalue weighted by Crippen LogP contribution is -2.42. The van der Waals surface area contributed by atoms with E-state index in [-0.39, 0.29) is 24.4 Å². The molecular formula is C8H14ClNO2. The fourth-order valence-corrected chi connectivity index (χ4v) is 2.25. The van der Waals surface area contributed by atoms with Crippen LogP contribution in [0, 0.1) is 5.92 Å². The van der Waals surface area contributed by atoms with Gasteiger partial charge in [-0.15, -0.1) is 12.4 Å². The molecule has 0 radical (unpaired) electrons. The molecule has 3 nitrogen and oxygen atoms in total. The molecular weight excluding hydrogens is 178 g/mol. The van der Waals surface area contributed by atoms with E-state index < -0.39 is 0 Å². The monoisotopic (exact) mass is 191 g/mol. The minimum atomic E-state index is -0.0859. The average Bonchev–Trinajstić information content (AvgIpc) is 2.62. The largest absolute Gasteiger partial charge is 0.468 e. The summed E-state index contributed by atoms with van der Waals surface area (Å²) in [6, 6.07) is 0.586. The van der Waals surface area contributed by atoms with Crippen molar-refractivity contribution in [3.8, 4) is 0 Å². The van der Waals surface area contributed by atoms with Gasteiger partial charge in [0, 0.05) is 6.04 Å². The number of ether oxygens (including phenoxy) is 1. The average molecular weight is 192 g/mol. The minimum Gasteiger partial charge on any atom is -0.468 e. The van der Waals surface area contributed by atoms with E-state index in [4.69, 9.17) is 0 Å². The van der Waals surface area contributed by atoms with E-state index in [1.54, 1.807) is 0 Å². The van der Waals surface area contributed by atoms with Crippen molar-refractivity contribution in [3.63, 3.8) is 0 Å². The molecule has 0 aromatic carbocycles. The first kappa shape index (κ1) is 9.81. The molecule has 12 heavy (non-hydrogen) atoms. The lowest BCUT2D eigenvalue weighted by molar-refractivity contribution is -0.144. The molecule has 1 N–H and O–H groups in total. The highest BCUT2D eigenvalue weighted by molar-refractivity contribution is 5.85. The van der Waals surface area contributed by atoms with E-state index in [2.05, 4.69) is 10.1 Å². The summed E-state index contributed by atoms with van der Waals surface area (Å²) in [7, 11) is 1.45. The Morgan fingerprint density at radius 3 is 2.67 bits per heavy atom. The molecule has 2 fully saturated rings. The molecule has 1 heterocycles. The zero-order valence-corrected chi connectivity index (χ0v) is 7.89. The molecule has 0 aromatic rings.